The second-order valence-corrected chi connectivity index (χ2v) is 10.2. The van der Waals surface area contributed by atoms with E-state index in [4.69, 9.17) is 4.74 Å². The number of hydrogen-bond acceptors (Lipinski definition) is 4. The number of aromatic nitrogens is 1. The van der Waals surface area contributed by atoms with Gasteiger partial charge in [0, 0.05) is 41.3 Å². The molecule has 6 nitrogen and oxygen atoms in total. The van der Waals surface area contributed by atoms with Crippen LogP contribution in [0.4, 0.5) is 0 Å². The summed E-state index contributed by atoms with van der Waals surface area (Å²) in [5.41, 5.74) is 1.26. The molecule has 1 aromatic carbocycles. The molecule has 2 bridgehead atoms. The van der Waals surface area contributed by atoms with Gasteiger partial charge in [0.05, 0.1) is 18.8 Å². The molecule has 33 heavy (non-hydrogen) atoms. The Balaban J connectivity index is 1.40. The number of para-hydroxylation sites is 1. The summed E-state index contributed by atoms with van der Waals surface area (Å²) in [5.74, 6) is -2.22. The highest BCUT2D eigenvalue weighted by Gasteiger charge is 2.43. The van der Waals surface area contributed by atoms with E-state index in [-0.39, 0.29) is 6.04 Å². The van der Waals surface area contributed by atoms with E-state index < -0.39 is 11.8 Å². The van der Waals surface area contributed by atoms with Gasteiger partial charge < -0.3 is 14.4 Å². The Bertz CT molecular complexity index is 975. The number of ether oxygens (including phenoxy) is 1. The van der Waals surface area contributed by atoms with E-state index in [2.05, 4.69) is 9.47 Å². The lowest BCUT2D eigenvalue weighted by atomic mass is 9.85. The van der Waals surface area contributed by atoms with Crippen molar-refractivity contribution < 1.29 is 19.4 Å². The van der Waals surface area contributed by atoms with Crippen LogP contribution in [0.15, 0.2) is 30.5 Å². The first-order valence-electron chi connectivity index (χ1n) is 12.9. The molecule has 6 heteroatoms. The van der Waals surface area contributed by atoms with Crippen molar-refractivity contribution in [2.24, 2.45) is 0 Å². The number of carbonyl (C=O) groups is 2. The van der Waals surface area contributed by atoms with Crippen molar-refractivity contribution in [1.29, 1.82) is 0 Å². The van der Waals surface area contributed by atoms with Crippen LogP contribution in [-0.4, -0.2) is 57.7 Å². The SMILES string of the molecule is O=C(O)C(=O)c1cn(C2CC3COCC(C2)N3C2CCCCCCCCC2)c2ccccc12. The molecule has 3 heterocycles. The minimum atomic E-state index is -1.39. The molecule has 3 fully saturated rings. The molecule has 2 aliphatic heterocycles. The van der Waals surface area contributed by atoms with Crippen LogP contribution >= 0.6 is 0 Å². The van der Waals surface area contributed by atoms with Crippen LogP contribution < -0.4 is 0 Å². The highest BCUT2D eigenvalue weighted by molar-refractivity contribution is 6.42. The predicted molar refractivity (Wildman–Crippen MR) is 128 cm³/mol. The molecule has 1 N–H and O–H groups in total. The second-order valence-electron chi connectivity index (χ2n) is 10.2. The maximum atomic E-state index is 12.4. The fourth-order valence-electron chi connectivity index (χ4n) is 6.63. The third-order valence-electron chi connectivity index (χ3n) is 8.12. The molecule has 1 saturated carbocycles. The summed E-state index contributed by atoms with van der Waals surface area (Å²) in [4.78, 5) is 26.6. The zero-order chi connectivity index (χ0) is 22.8. The maximum absolute atomic E-state index is 12.4. The fraction of sp³-hybridized carbons (Fsp3) is 0.630. The van der Waals surface area contributed by atoms with Gasteiger partial charge in [-0.1, -0.05) is 63.1 Å². The smallest absolute Gasteiger partial charge is 0.377 e. The number of aliphatic carboxylic acids is 1. The molecule has 0 amide bonds. The average Bonchev–Trinajstić information content (AvgIpc) is 3.21. The van der Waals surface area contributed by atoms with E-state index in [1.165, 1.54) is 57.8 Å². The largest absolute Gasteiger partial charge is 0.475 e. The van der Waals surface area contributed by atoms with E-state index in [1.807, 2.05) is 24.3 Å². The Labute approximate surface area is 195 Å². The lowest BCUT2D eigenvalue weighted by molar-refractivity contribution is -0.131. The first-order valence-corrected chi connectivity index (χ1v) is 12.9. The van der Waals surface area contributed by atoms with Crippen LogP contribution in [-0.2, 0) is 9.53 Å². The van der Waals surface area contributed by atoms with E-state index in [0.717, 1.165) is 37.0 Å². The van der Waals surface area contributed by atoms with Gasteiger partial charge in [0.25, 0.3) is 5.78 Å². The van der Waals surface area contributed by atoms with Crippen LogP contribution in [0.5, 0.6) is 0 Å². The number of ketones is 1. The van der Waals surface area contributed by atoms with Crippen molar-refractivity contribution in [1.82, 2.24) is 9.47 Å². The third kappa shape index (κ3) is 4.60. The number of carboxylic acid groups (broad SMARTS) is 1. The lowest BCUT2D eigenvalue weighted by Crippen LogP contribution is -2.60. The minimum absolute atomic E-state index is 0.250. The van der Waals surface area contributed by atoms with Gasteiger partial charge in [0.2, 0.25) is 0 Å². The molecule has 1 aliphatic carbocycles. The van der Waals surface area contributed by atoms with Crippen molar-refractivity contribution in [3.63, 3.8) is 0 Å². The highest BCUT2D eigenvalue weighted by atomic mass is 16.5. The monoisotopic (exact) mass is 452 g/mol. The Morgan fingerprint density at radius 3 is 2.06 bits per heavy atom. The van der Waals surface area contributed by atoms with Gasteiger partial charge in [-0.3, -0.25) is 9.69 Å². The van der Waals surface area contributed by atoms with Gasteiger partial charge in [-0.05, 0) is 31.7 Å². The molecule has 2 saturated heterocycles. The van der Waals surface area contributed by atoms with Crippen LogP contribution in [0.25, 0.3) is 10.9 Å². The van der Waals surface area contributed by atoms with E-state index in [0.29, 0.717) is 23.7 Å². The number of benzene rings is 1. The molecule has 0 spiro atoms. The van der Waals surface area contributed by atoms with Gasteiger partial charge in [-0.25, -0.2) is 4.79 Å². The Kier molecular flexibility index (Phi) is 6.84. The summed E-state index contributed by atoms with van der Waals surface area (Å²) in [5, 5.41) is 10.1. The maximum Gasteiger partial charge on any atom is 0.377 e. The van der Waals surface area contributed by atoms with Gasteiger partial charge in [-0.15, -0.1) is 0 Å². The zero-order valence-electron chi connectivity index (χ0n) is 19.5. The molecule has 2 atom stereocenters. The number of hydrogen-bond donors (Lipinski definition) is 1. The molecule has 2 aromatic rings. The molecular weight excluding hydrogens is 416 g/mol. The van der Waals surface area contributed by atoms with E-state index >= 15 is 0 Å². The molecular formula is C27H36N2O4. The molecule has 178 valence electrons. The first-order chi connectivity index (χ1) is 16.1. The summed E-state index contributed by atoms with van der Waals surface area (Å²) < 4.78 is 8.20. The van der Waals surface area contributed by atoms with Crippen molar-refractivity contribution >= 4 is 22.7 Å². The summed E-state index contributed by atoms with van der Waals surface area (Å²) in [6.07, 6.45) is 15.9. The number of fused-ring (bicyclic) bond motifs is 3. The summed E-state index contributed by atoms with van der Waals surface area (Å²) in [6.45, 7) is 1.53. The Morgan fingerprint density at radius 2 is 1.42 bits per heavy atom. The van der Waals surface area contributed by atoms with Gasteiger partial charge in [0.1, 0.15) is 0 Å². The number of Topliss-reactive ketones (excluding diaryl/α,β-unsaturated/α-hetero) is 1. The number of rotatable bonds is 4. The molecule has 5 rings (SSSR count). The van der Waals surface area contributed by atoms with Gasteiger partial charge in [0.15, 0.2) is 0 Å². The number of carbonyl (C=O) groups excluding carboxylic acids is 1. The van der Waals surface area contributed by atoms with Crippen molar-refractivity contribution in [3.05, 3.63) is 36.0 Å². The van der Waals surface area contributed by atoms with E-state index in [1.54, 1.807) is 6.20 Å². The highest BCUT2D eigenvalue weighted by Crippen LogP contribution is 2.40. The minimum Gasteiger partial charge on any atom is -0.475 e. The normalized spacial score (nSPS) is 27.9. The summed E-state index contributed by atoms with van der Waals surface area (Å²) in [6, 6.07) is 9.37. The van der Waals surface area contributed by atoms with Gasteiger partial charge >= 0.3 is 5.97 Å². The summed E-state index contributed by atoms with van der Waals surface area (Å²) in [7, 11) is 0. The topological polar surface area (TPSA) is 71.8 Å². The van der Waals surface area contributed by atoms with Crippen LogP contribution in [0.1, 0.15) is 87.0 Å². The Morgan fingerprint density at radius 1 is 0.818 bits per heavy atom. The number of morpholine rings is 1. The van der Waals surface area contributed by atoms with Crippen molar-refractivity contribution in [2.75, 3.05) is 13.2 Å². The first kappa shape index (κ1) is 22.6. The standard InChI is InChI=1S/C27H36N2O4/c30-26(27(31)32)24-16-28(25-13-9-8-12-23(24)25)20-14-21-17-33-18-22(15-20)29(21)19-10-6-4-2-1-3-5-7-11-19/h8-9,12-13,16,19-22H,1-7,10-11,14-15,17-18H2,(H,31,32). The Hall–Kier alpha value is -2.18. The van der Waals surface area contributed by atoms with Crippen LogP contribution in [0.3, 0.4) is 0 Å². The van der Waals surface area contributed by atoms with Gasteiger partial charge in [-0.2, -0.15) is 0 Å². The van der Waals surface area contributed by atoms with Crippen molar-refractivity contribution in [3.8, 4) is 0 Å². The molecule has 2 unspecified atom stereocenters. The predicted octanol–water partition coefficient (Wildman–Crippen LogP) is 5.21. The molecule has 1 aromatic heterocycles. The van der Waals surface area contributed by atoms with Crippen molar-refractivity contribution in [2.45, 2.75) is 94.8 Å². The zero-order valence-corrected chi connectivity index (χ0v) is 19.5. The lowest BCUT2D eigenvalue weighted by Gasteiger charge is -2.52. The molecule has 0 radical (unpaired) electrons. The number of carboxylic acids is 1. The number of piperidine rings is 1. The van der Waals surface area contributed by atoms with Crippen LogP contribution in [0, 0.1) is 0 Å². The fourth-order valence-corrected chi connectivity index (χ4v) is 6.63. The summed E-state index contributed by atoms with van der Waals surface area (Å²) >= 11 is 0. The molecule has 3 aliphatic rings. The number of nitrogens with zero attached hydrogens (tertiary/aromatic N) is 2. The van der Waals surface area contributed by atoms with Crippen LogP contribution in [0.2, 0.25) is 0 Å². The third-order valence-corrected chi connectivity index (χ3v) is 8.12. The van der Waals surface area contributed by atoms with E-state index in [9.17, 15) is 14.7 Å². The average molecular weight is 453 g/mol. The quantitative estimate of drug-likeness (QED) is 0.510. The second kappa shape index (κ2) is 9.98.